The van der Waals surface area contributed by atoms with E-state index < -0.39 is 30.3 Å². The van der Waals surface area contributed by atoms with E-state index in [1.807, 2.05) is 44.2 Å². The summed E-state index contributed by atoms with van der Waals surface area (Å²) in [7, 11) is 0. The number of rotatable bonds is 8. The van der Waals surface area contributed by atoms with Crippen molar-refractivity contribution in [1.82, 2.24) is 0 Å². The predicted octanol–water partition coefficient (Wildman–Crippen LogP) is 5.84. The first-order valence-electron chi connectivity index (χ1n) is 13.8. The Morgan fingerprint density at radius 3 is 2.26 bits per heavy atom. The van der Waals surface area contributed by atoms with E-state index in [4.69, 9.17) is 35.3 Å². The van der Waals surface area contributed by atoms with Gasteiger partial charge in [0, 0.05) is 30.2 Å². The summed E-state index contributed by atoms with van der Waals surface area (Å²) in [4.78, 5) is 24.0. The summed E-state index contributed by atoms with van der Waals surface area (Å²) in [5.41, 5.74) is 3.21. The molecular formula is C31H37ClO7. The zero-order valence-corrected chi connectivity index (χ0v) is 23.7. The van der Waals surface area contributed by atoms with Gasteiger partial charge in [0.05, 0.1) is 19.3 Å². The average Bonchev–Trinajstić information content (AvgIpc) is 2.84. The smallest absolute Gasteiger partial charge is 0.303 e. The van der Waals surface area contributed by atoms with Gasteiger partial charge in [0.15, 0.2) is 6.10 Å². The van der Waals surface area contributed by atoms with Crippen LogP contribution in [-0.4, -0.2) is 49.6 Å². The zero-order valence-electron chi connectivity index (χ0n) is 23.0. The fourth-order valence-electron chi connectivity index (χ4n) is 6.12. The van der Waals surface area contributed by atoms with Crippen molar-refractivity contribution in [3.63, 3.8) is 0 Å². The van der Waals surface area contributed by atoms with Crippen molar-refractivity contribution in [2.75, 3.05) is 13.2 Å². The Morgan fingerprint density at radius 2 is 1.67 bits per heavy atom. The molecule has 39 heavy (non-hydrogen) atoms. The number of halogens is 1. The summed E-state index contributed by atoms with van der Waals surface area (Å²) in [6, 6.07) is 13.9. The minimum atomic E-state index is -0.771. The van der Waals surface area contributed by atoms with E-state index in [1.54, 1.807) is 0 Å². The molecule has 7 nitrogen and oxygen atoms in total. The third-order valence-electron chi connectivity index (χ3n) is 8.21. The lowest BCUT2D eigenvalue weighted by atomic mass is 9.65. The molecule has 0 N–H and O–H groups in total. The van der Waals surface area contributed by atoms with Gasteiger partial charge in [0.1, 0.15) is 24.1 Å². The van der Waals surface area contributed by atoms with Crippen LogP contribution in [0.4, 0.5) is 0 Å². The fraction of sp³-hybridized carbons (Fsp3) is 0.548. The van der Waals surface area contributed by atoms with Gasteiger partial charge in [-0.25, -0.2) is 0 Å². The van der Waals surface area contributed by atoms with Crippen LogP contribution in [0.2, 0.25) is 5.02 Å². The maximum atomic E-state index is 12.1. The van der Waals surface area contributed by atoms with Crippen LogP contribution in [0, 0.1) is 11.3 Å². The molecule has 3 fully saturated rings. The molecule has 1 saturated carbocycles. The monoisotopic (exact) mass is 556 g/mol. The quantitative estimate of drug-likeness (QED) is 0.378. The second-order valence-corrected chi connectivity index (χ2v) is 11.7. The SMILES string of the molecule is CC[C@H]1OC(c2ccc(Cl)c(Cc3ccc(OC4CC5(COC5)C4)cc3)c2)[C@H](OC(C)=O)[C@@H](OC(C)=O)[C@@H]1C. The second kappa shape index (κ2) is 11.5. The van der Waals surface area contributed by atoms with Crippen LogP contribution in [0.5, 0.6) is 5.75 Å². The van der Waals surface area contributed by atoms with Crippen molar-refractivity contribution in [2.24, 2.45) is 11.3 Å². The predicted molar refractivity (Wildman–Crippen MR) is 146 cm³/mol. The van der Waals surface area contributed by atoms with E-state index in [0.29, 0.717) is 16.9 Å². The van der Waals surface area contributed by atoms with E-state index in [-0.39, 0.29) is 18.1 Å². The van der Waals surface area contributed by atoms with Crippen LogP contribution in [0.1, 0.15) is 69.8 Å². The lowest BCUT2D eigenvalue weighted by molar-refractivity contribution is -0.225. The van der Waals surface area contributed by atoms with Gasteiger partial charge in [-0.1, -0.05) is 49.7 Å². The molecule has 0 amide bonds. The summed E-state index contributed by atoms with van der Waals surface area (Å²) < 4.78 is 29.4. The van der Waals surface area contributed by atoms with Crippen LogP contribution in [0.15, 0.2) is 42.5 Å². The van der Waals surface area contributed by atoms with Crippen molar-refractivity contribution in [2.45, 2.75) is 83.9 Å². The summed E-state index contributed by atoms with van der Waals surface area (Å²) in [6.45, 7) is 8.43. The van der Waals surface area contributed by atoms with Crippen molar-refractivity contribution in [3.8, 4) is 5.75 Å². The molecule has 2 aromatic carbocycles. The van der Waals surface area contributed by atoms with Gasteiger partial charge < -0.3 is 23.7 Å². The number of hydrogen-bond acceptors (Lipinski definition) is 7. The summed E-state index contributed by atoms with van der Waals surface area (Å²) in [6.07, 6.45) is 1.57. The van der Waals surface area contributed by atoms with E-state index in [1.165, 1.54) is 13.8 Å². The number of hydrogen-bond donors (Lipinski definition) is 0. The van der Waals surface area contributed by atoms with E-state index in [9.17, 15) is 9.59 Å². The largest absolute Gasteiger partial charge is 0.490 e. The molecule has 2 aromatic rings. The second-order valence-electron chi connectivity index (χ2n) is 11.3. The Morgan fingerprint density at radius 1 is 1.00 bits per heavy atom. The van der Waals surface area contributed by atoms with Crippen LogP contribution in [0.3, 0.4) is 0 Å². The van der Waals surface area contributed by atoms with Crippen molar-refractivity contribution >= 4 is 23.5 Å². The third-order valence-corrected chi connectivity index (χ3v) is 8.58. The van der Waals surface area contributed by atoms with E-state index in [2.05, 4.69) is 12.1 Å². The van der Waals surface area contributed by atoms with Gasteiger partial charge in [-0.3, -0.25) is 9.59 Å². The Balaban J connectivity index is 1.33. The molecule has 1 spiro atoms. The molecule has 0 bridgehead atoms. The number of carbonyl (C=O) groups excluding carboxylic acids is 2. The van der Waals surface area contributed by atoms with Gasteiger partial charge in [0.2, 0.25) is 0 Å². The van der Waals surface area contributed by atoms with Crippen LogP contribution in [-0.2, 0) is 35.0 Å². The third kappa shape index (κ3) is 6.11. The molecule has 1 unspecified atom stereocenters. The Labute approximate surface area is 235 Å². The first-order valence-corrected chi connectivity index (χ1v) is 14.2. The number of ether oxygens (including phenoxy) is 5. The molecule has 5 atom stereocenters. The summed E-state index contributed by atoms with van der Waals surface area (Å²) in [5, 5.41) is 0.637. The lowest BCUT2D eigenvalue weighted by Gasteiger charge is -2.52. The van der Waals surface area contributed by atoms with Crippen LogP contribution >= 0.6 is 11.6 Å². The maximum Gasteiger partial charge on any atom is 0.303 e. The molecule has 8 heteroatoms. The van der Waals surface area contributed by atoms with Crippen LogP contribution in [0.25, 0.3) is 0 Å². The Bertz CT molecular complexity index is 1180. The molecule has 2 heterocycles. The van der Waals surface area contributed by atoms with E-state index >= 15 is 0 Å². The topological polar surface area (TPSA) is 80.3 Å². The van der Waals surface area contributed by atoms with Crippen molar-refractivity contribution in [3.05, 3.63) is 64.2 Å². The highest BCUT2D eigenvalue weighted by atomic mass is 35.5. The standard InChI is InChI=1S/C31H37ClO7/c1-5-27-18(2)28(36-19(3)33)30(37-20(4)34)29(39-27)22-8-11-26(32)23(13-22)12-21-6-9-24(10-7-21)38-25-14-31(15-25)16-35-17-31/h6-11,13,18,25,27-30H,5,12,14-17H2,1-4H3/t18-,27-,28+,29?,30-/m1/s1. The first-order chi connectivity index (χ1) is 18.7. The highest BCUT2D eigenvalue weighted by Crippen LogP contribution is 2.48. The normalized spacial score (nSPS) is 27.8. The molecule has 0 aromatic heterocycles. The molecule has 2 saturated heterocycles. The molecule has 3 aliphatic rings. The number of benzene rings is 2. The van der Waals surface area contributed by atoms with Crippen molar-refractivity contribution < 1.29 is 33.3 Å². The van der Waals surface area contributed by atoms with Crippen molar-refractivity contribution in [1.29, 1.82) is 0 Å². The van der Waals surface area contributed by atoms with E-state index in [0.717, 1.165) is 54.9 Å². The molecular weight excluding hydrogens is 520 g/mol. The minimum absolute atomic E-state index is 0.139. The van der Waals surface area contributed by atoms with Gasteiger partial charge in [-0.15, -0.1) is 0 Å². The zero-order chi connectivity index (χ0) is 27.7. The number of esters is 2. The molecule has 5 rings (SSSR count). The van der Waals surface area contributed by atoms with Crippen LogP contribution < -0.4 is 4.74 Å². The van der Waals surface area contributed by atoms with Gasteiger partial charge in [0.25, 0.3) is 0 Å². The average molecular weight is 557 g/mol. The Hall–Kier alpha value is -2.61. The first kappa shape index (κ1) is 27.9. The highest BCUT2D eigenvalue weighted by molar-refractivity contribution is 6.31. The Kier molecular flexibility index (Phi) is 8.22. The summed E-state index contributed by atoms with van der Waals surface area (Å²) >= 11 is 6.62. The fourth-order valence-corrected chi connectivity index (χ4v) is 6.30. The lowest BCUT2D eigenvalue weighted by Crippen LogP contribution is -2.56. The minimum Gasteiger partial charge on any atom is -0.490 e. The van der Waals surface area contributed by atoms with Gasteiger partial charge >= 0.3 is 11.9 Å². The van der Waals surface area contributed by atoms with Gasteiger partial charge in [-0.05, 0) is 60.6 Å². The number of carbonyl (C=O) groups is 2. The molecule has 1 aliphatic carbocycles. The molecule has 2 aliphatic heterocycles. The highest BCUT2D eigenvalue weighted by Gasteiger charge is 2.51. The maximum absolute atomic E-state index is 12.1. The molecule has 0 radical (unpaired) electrons. The molecule has 210 valence electrons. The van der Waals surface area contributed by atoms with Gasteiger partial charge in [-0.2, -0.15) is 0 Å². The summed E-state index contributed by atoms with van der Waals surface area (Å²) in [5.74, 6) is -0.144.